The van der Waals surface area contributed by atoms with Crippen LogP contribution < -0.4 is 0 Å². The first kappa shape index (κ1) is 10.0. The van der Waals surface area contributed by atoms with Gasteiger partial charge in [-0.25, -0.2) is 0 Å². The zero-order valence-corrected chi connectivity index (χ0v) is 7.84. The van der Waals surface area contributed by atoms with Gasteiger partial charge in [-0.2, -0.15) is 10.5 Å². The molecule has 0 aliphatic heterocycles. The van der Waals surface area contributed by atoms with Crippen LogP contribution in [0.1, 0.15) is 25.7 Å². The van der Waals surface area contributed by atoms with E-state index in [-0.39, 0.29) is 12.2 Å². The molecule has 0 aromatic rings. The van der Waals surface area contributed by atoms with E-state index in [1.54, 1.807) is 0 Å². The summed E-state index contributed by atoms with van der Waals surface area (Å²) in [5.41, 5.74) is -0.970. The fourth-order valence-corrected chi connectivity index (χ4v) is 1.92. The summed E-state index contributed by atoms with van der Waals surface area (Å²) in [6.07, 6.45) is 1.90. The summed E-state index contributed by atoms with van der Waals surface area (Å²) < 4.78 is 0. The van der Waals surface area contributed by atoms with E-state index in [1.165, 1.54) is 0 Å². The van der Waals surface area contributed by atoms with Gasteiger partial charge >= 0.3 is 0 Å². The number of carbonyl (C=O) groups excluding carboxylic acids is 1. The summed E-state index contributed by atoms with van der Waals surface area (Å²) in [5, 5.41) is 16.6. The first-order valence-electron chi connectivity index (χ1n) is 4.13. The molecule has 68 valence electrons. The lowest BCUT2D eigenvalue weighted by Gasteiger charge is -2.18. The van der Waals surface area contributed by atoms with Gasteiger partial charge in [0, 0.05) is 12.8 Å². The van der Waals surface area contributed by atoms with Gasteiger partial charge in [0.25, 0.3) is 0 Å². The second-order valence-corrected chi connectivity index (χ2v) is 3.80. The predicted octanol–water partition coefficient (Wildman–Crippen LogP) is 1.77. The number of halogens is 1. The summed E-state index contributed by atoms with van der Waals surface area (Å²) in [5.74, 6) is -0.0594. The molecule has 1 saturated carbocycles. The Morgan fingerprint density at radius 2 is 2.31 bits per heavy atom. The van der Waals surface area contributed by atoms with E-state index in [4.69, 9.17) is 22.1 Å². The minimum atomic E-state index is -0.970. The van der Waals surface area contributed by atoms with Gasteiger partial charge in [-0.3, -0.25) is 4.79 Å². The van der Waals surface area contributed by atoms with E-state index in [2.05, 4.69) is 0 Å². The molecule has 2 atom stereocenters. The topological polar surface area (TPSA) is 64.7 Å². The molecule has 0 aromatic carbocycles. The number of Topliss-reactive ketones (excluding diaryl/α,β-unsaturated/α-hetero) is 1. The van der Waals surface area contributed by atoms with Gasteiger partial charge < -0.3 is 0 Å². The molecule has 0 radical (unpaired) electrons. The third-order valence-electron chi connectivity index (χ3n) is 2.42. The van der Waals surface area contributed by atoms with Gasteiger partial charge in [0.15, 0.2) is 5.78 Å². The third-order valence-corrected chi connectivity index (χ3v) is 2.67. The van der Waals surface area contributed by atoms with E-state index in [9.17, 15) is 4.79 Å². The molecule has 0 N–H and O–H groups in total. The SMILES string of the molecule is N#CC(Cl)CC1(C#N)CCCC1=O. The van der Waals surface area contributed by atoms with Gasteiger partial charge in [0.05, 0.1) is 12.1 Å². The average molecular weight is 197 g/mol. The van der Waals surface area contributed by atoms with Crippen LogP contribution in [-0.2, 0) is 4.79 Å². The van der Waals surface area contributed by atoms with E-state index in [0.29, 0.717) is 12.8 Å². The standard InChI is InChI=1S/C9H9ClN2O/c10-7(5-11)4-9(6-12)3-1-2-8(9)13/h7H,1-4H2. The van der Waals surface area contributed by atoms with Crippen molar-refractivity contribution in [3.05, 3.63) is 0 Å². The highest BCUT2D eigenvalue weighted by molar-refractivity contribution is 6.22. The highest BCUT2D eigenvalue weighted by Gasteiger charge is 2.43. The first-order valence-corrected chi connectivity index (χ1v) is 4.56. The highest BCUT2D eigenvalue weighted by Crippen LogP contribution is 2.39. The van der Waals surface area contributed by atoms with Crippen molar-refractivity contribution < 1.29 is 4.79 Å². The van der Waals surface area contributed by atoms with E-state index in [1.807, 2.05) is 12.1 Å². The molecular formula is C9H9ClN2O. The van der Waals surface area contributed by atoms with Gasteiger partial charge in [-0.1, -0.05) is 0 Å². The zero-order valence-electron chi connectivity index (χ0n) is 7.09. The molecule has 2 unspecified atom stereocenters. The van der Waals surface area contributed by atoms with Crippen LogP contribution >= 0.6 is 11.6 Å². The van der Waals surface area contributed by atoms with Crippen LogP contribution in [0, 0.1) is 28.1 Å². The van der Waals surface area contributed by atoms with Crippen molar-refractivity contribution in [2.24, 2.45) is 5.41 Å². The number of hydrogen-bond acceptors (Lipinski definition) is 3. The molecule has 0 bridgehead atoms. The molecular weight excluding hydrogens is 188 g/mol. The molecule has 13 heavy (non-hydrogen) atoms. The van der Waals surface area contributed by atoms with Crippen molar-refractivity contribution in [1.29, 1.82) is 10.5 Å². The van der Waals surface area contributed by atoms with Gasteiger partial charge in [0.1, 0.15) is 10.8 Å². The summed E-state index contributed by atoms with van der Waals surface area (Å²) >= 11 is 5.61. The number of ketones is 1. The molecule has 0 heterocycles. The number of rotatable bonds is 2. The summed E-state index contributed by atoms with van der Waals surface area (Å²) in [6.45, 7) is 0. The largest absolute Gasteiger partial charge is 0.298 e. The van der Waals surface area contributed by atoms with Crippen molar-refractivity contribution in [3.8, 4) is 12.1 Å². The Balaban J connectivity index is 2.79. The molecule has 0 spiro atoms. The molecule has 1 aliphatic rings. The average Bonchev–Trinajstić information content (AvgIpc) is 2.48. The lowest BCUT2D eigenvalue weighted by Crippen LogP contribution is -2.26. The molecule has 1 rings (SSSR count). The maximum atomic E-state index is 11.4. The minimum Gasteiger partial charge on any atom is -0.298 e. The second-order valence-electron chi connectivity index (χ2n) is 3.27. The smallest absolute Gasteiger partial charge is 0.153 e. The number of nitriles is 2. The van der Waals surface area contributed by atoms with Crippen LogP contribution in [0.3, 0.4) is 0 Å². The molecule has 0 aromatic heterocycles. The molecule has 1 fully saturated rings. The highest BCUT2D eigenvalue weighted by atomic mass is 35.5. The Bertz CT molecular complexity index is 302. The Morgan fingerprint density at radius 1 is 1.62 bits per heavy atom. The second kappa shape index (κ2) is 3.77. The van der Waals surface area contributed by atoms with E-state index >= 15 is 0 Å². The Kier molecular flexibility index (Phi) is 2.90. The van der Waals surface area contributed by atoms with Crippen LogP contribution in [0.2, 0.25) is 0 Å². The van der Waals surface area contributed by atoms with Crippen LogP contribution in [0.4, 0.5) is 0 Å². The van der Waals surface area contributed by atoms with E-state index < -0.39 is 10.8 Å². The zero-order chi connectivity index (χ0) is 9.90. The summed E-state index contributed by atoms with van der Waals surface area (Å²) in [7, 11) is 0. The van der Waals surface area contributed by atoms with E-state index in [0.717, 1.165) is 6.42 Å². The van der Waals surface area contributed by atoms with Crippen LogP contribution in [0.15, 0.2) is 0 Å². The number of alkyl halides is 1. The van der Waals surface area contributed by atoms with Gasteiger partial charge in [-0.15, -0.1) is 11.6 Å². The molecule has 4 heteroatoms. The summed E-state index contributed by atoms with van der Waals surface area (Å²) in [6, 6.07) is 3.84. The third kappa shape index (κ3) is 1.82. The molecule has 3 nitrogen and oxygen atoms in total. The van der Waals surface area contributed by atoms with Crippen molar-refractivity contribution in [2.45, 2.75) is 31.1 Å². The molecule has 0 saturated heterocycles. The monoisotopic (exact) mass is 196 g/mol. The maximum Gasteiger partial charge on any atom is 0.153 e. The van der Waals surface area contributed by atoms with Crippen LogP contribution in [0.5, 0.6) is 0 Å². The van der Waals surface area contributed by atoms with Crippen molar-refractivity contribution >= 4 is 17.4 Å². The summed E-state index contributed by atoms with van der Waals surface area (Å²) in [4.78, 5) is 11.4. The fourth-order valence-electron chi connectivity index (χ4n) is 1.66. The lowest BCUT2D eigenvalue weighted by atomic mass is 9.82. The van der Waals surface area contributed by atoms with Crippen LogP contribution in [0.25, 0.3) is 0 Å². The Hall–Kier alpha value is -1.06. The normalized spacial score (nSPS) is 29.3. The number of hydrogen-bond donors (Lipinski definition) is 0. The van der Waals surface area contributed by atoms with Gasteiger partial charge in [-0.05, 0) is 12.8 Å². The van der Waals surface area contributed by atoms with Crippen molar-refractivity contribution in [2.75, 3.05) is 0 Å². The first-order chi connectivity index (χ1) is 6.14. The Labute approximate surface area is 81.9 Å². The molecule has 1 aliphatic carbocycles. The minimum absolute atomic E-state index is 0.0594. The fraction of sp³-hybridized carbons (Fsp3) is 0.667. The van der Waals surface area contributed by atoms with Crippen LogP contribution in [-0.4, -0.2) is 11.2 Å². The predicted molar refractivity (Wildman–Crippen MR) is 46.8 cm³/mol. The quantitative estimate of drug-likeness (QED) is 0.633. The Morgan fingerprint density at radius 3 is 2.69 bits per heavy atom. The maximum absolute atomic E-state index is 11.4. The van der Waals surface area contributed by atoms with Crippen molar-refractivity contribution in [3.63, 3.8) is 0 Å². The number of nitrogens with zero attached hydrogens (tertiary/aromatic N) is 2. The number of carbonyl (C=O) groups is 1. The van der Waals surface area contributed by atoms with Crippen molar-refractivity contribution in [1.82, 2.24) is 0 Å². The van der Waals surface area contributed by atoms with Gasteiger partial charge in [0.2, 0.25) is 0 Å². The molecule has 0 amide bonds. The lowest BCUT2D eigenvalue weighted by molar-refractivity contribution is -0.123.